The molecule has 4 heteroatoms. The predicted molar refractivity (Wildman–Crippen MR) is 60.6 cm³/mol. The van der Waals surface area contributed by atoms with Crippen LogP contribution >= 0.6 is 11.3 Å². The summed E-state index contributed by atoms with van der Waals surface area (Å²) in [5.74, 6) is -0.972. The van der Waals surface area contributed by atoms with E-state index in [9.17, 15) is 4.79 Å². The minimum absolute atomic E-state index is 0.114. The van der Waals surface area contributed by atoms with Crippen molar-refractivity contribution < 1.29 is 9.90 Å². The van der Waals surface area contributed by atoms with Gasteiger partial charge >= 0.3 is 5.97 Å². The minimum atomic E-state index is -0.972. The van der Waals surface area contributed by atoms with Gasteiger partial charge in [0.15, 0.2) is 0 Å². The van der Waals surface area contributed by atoms with Crippen LogP contribution in [-0.2, 0) is 6.42 Å². The van der Waals surface area contributed by atoms with Gasteiger partial charge in [-0.3, -0.25) is 0 Å². The maximum Gasteiger partial charge on any atom is 0.354 e. The molecule has 0 aliphatic rings. The second kappa shape index (κ2) is 3.98. The van der Waals surface area contributed by atoms with Gasteiger partial charge in [-0.2, -0.15) is 0 Å². The van der Waals surface area contributed by atoms with Crippen LogP contribution in [0, 0.1) is 0 Å². The molecule has 0 bridgehead atoms. The number of carbonyl (C=O) groups is 1. The van der Waals surface area contributed by atoms with E-state index in [1.54, 1.807) is 17.4 Å². The molecule has 0 saturated heterocycles. The van der Waals surface area contributed by atoms with E-state index in [4.69, 9.17) is 5.11 Å². The highest BCUT2D eigenvalue weighted by atomic mass is 32.1. The van der Waals surface area contributed by atoms with Crippen LogP contribution in [0.5, 0.6) is 0 Å². The molecule has 2 aromatic rings. The summed E-state index contributed by atoms with van der Waals surface area (Å²) in [5, 5.41) is 8.80. The summed E-state index contributed by atoms with van der Waals surface area (Å²) in [7, 11) is 0. The topological polar surface area (TPSA) is 50.2 Å². The molecule has 2 rings (SSSR count). The molecule has 15 heavy (non-hydrogen) atoms. The Balaban J connectivity index is 2.47. The Morgan fingerprint density at radius 2 is 2.33 bits per heavy atom. The van der Waals surface area contributed by atoms with Crippen molar-refractivity contribution >= 4 is 27.5 Å². The standard InChI is InChI=1S/C11H11NO2S/c1-2-3-7-6-9-10(15-7)5-4-8(12-9)11(13)14/h4-6H,2-3H2,1H3,(H,13,14). The van der Waals surface area contributed by atoms with Crippen LogP contribution in [0.25, 0.3) is 10.2 Å². The van der Waals surface area contributed by atoms with Gasteiger partial charge < -0.3 is 5.11 Å². The molecule has 78 valence electrons. The first-order chi connectivity index (χ1) is 7.20. The Morgan fingerprint density at radius 1 is 1.53 bits per heavy atom. The average molecular weight is 221 g/mol. The zero-order valence-electron chi connectivity index (χ0n) is 8.36. The van der Waals surface area contributed by atoms with Crippen LogP contribution < -0.4 is 0 Å². The second-order valence-electron chi connectivity index (χ2n) is 3.35. The molecule has 2 aromatic heterocycles. The average Bonchev–Trinajstić information content (AvgIpc) is 2.59. The maximum absolute atomic E-state index is 10.7. The number of hydrogen-bond donors (Lipinski definition) is 1. The van der Waals surface area contributed by atoms with Crippen LogP contribution in [0.1, 0.15) is 28.7 Å². The Kier molecular flexibility index (Phi) is 2.68. The lowest BCUT2D eigenvalue weighted by molar-refractivity contribution is 0.0691. The van der Waals surface area contributed by atoms with Crippen LogP contribution in [0.3, 0.4) is 0 Å². The largest absolute Gasteiger partial charge is 0.477 e. The van der Waals surface area contributed by atoms with E-state index in [2.05, 4.69) is 11.9 Å². The van der Waals surface area contributed by atoms with Gasteiger partial charge in [-0.05, 0) is 24.6 Å². The molecule has 0 unspecified atom stereocenters. The Morgan fingerprint density at radius 3 is 3.00 bits per heavy atom. The second-order valence-corrected chi connectivity index (χ2v) is 4.52. The third kappa shape index (κ3) is 1.99. The van der Waals surface area contributed by atoms with Gasteiger partial charge in [-0.1, -0.05) is 13.3 Å². The fourth-order valence-corrected chi connectivity index (χ4v) is 2.57. The van der Waals surface area contributed by atoms with Gasteiger partial charge in [0, 0.05) is 4.88 Å². The molecular formula is C11H11NO2S. The van der Waals surface area contributed by atoms with E-state index in [-0.39, 0.29) is 5.69 Å². The summed E-state index contributed by atoms with van der Waals surface area (Å²) in [6.07, 6.45) is 2.13. The first-order valence-electron chi connectivity index (χ1n) is 4.83. The maximum atomic E-state index is 10.7. The molecule has 0 aliphatic heterocycles. The first kappa shape index (κ1) is 10.1. The molecule has 3 nitrogen and oxygen atoms in total. The molecule has 0 radical (unpaired) electrons. The van der Waals surface area contributed by atoms with Gasteiger partial charge in [0.05, 0.1) is 10.2 Å². The van der Waals surface area contributed by atoms with Crippen molar-refractivity contribution in [1.29, 1.82) is 0 Å². The van der Waals surface area contributed by atoms with Crippen LogP contribution in [0.4, 0.5) is 0 Å². The van der Waals surface area contributed by atoms with E-state index in [0.29, 0.717) is 0 Å². The lowest BCUT2D eigenvalue weighted by Gasteiger charge is -1.92. The van der Waals surface area contributed by atoms with Gasteiger partial charge in [-0.15, -0.1) is 11.3 Å². The molecule has 0 aromatic carbocycles. The van der Waals surface area contributed by atoms with Crippen molar-refractivity contribution in [2.45, 2.75) is 19.8 Å². The van der Waals surface area contributed by atoms with Gasteiger partial charge in [-0.25, -0.2) is 9.78 Å². The van der Waals surface area contributed by atoms with Gasteiger partial charge in [0.2, 0.25) is 0 Å². The Bertz CT molecular complexity index is 504. The van der Waals surface area contributed by atoms with Crippen LogP contribution in [0.15, 0.2) is 18.2 Å². The molecule has 0 fully saturated rings. The number of hydrogen-bond acceptors (Lipinski definition) is 3. The summed E-state index contributed by atoms with van der Waals surface area (Å²) >= 11 is 1.69. The van der Waals surface area contributed by atoms with Crippen LogP contribution in [0.2, 0.25) is 0 Å². The number of thiophene rings is 1. The summed E-state index contributed by atoms with van der Waals surface area (Å²) in [4.78, 5) is 16.1. The number of carboxylic acid groups (broad SMARTS) is 1. The Labute approximate surface area is 91.4 Å². The van der Waals surface area contributed by atoms with E-state index in [1.807, 2.05) is 12.1 Å². The molecule has 0 saturated carbocycles. The fraction of sp³-hybridized carbons (Fsp3) is 0.273. The quantitative estimate of drug-likeness (QED) is 0.866. The zero-order valence-corrected chi connectivity index (χ0v) is 9.17. The minimum Gasteiger partial charge on any atom is -0.477 e. The fourth-order valence-electron chi connectivity index (χ4n) is 1.46. The molecule has 0 spiro atoms. The van der Waals surface area contributed by atoms with Gasteiger partial charge in [0.1, 0.15) is 5.69 Å². The lowest BCUT2D eigenvalue weighted by Crippen LogP contribution is -1.98. The number of nitrogens with zero attached hydrogens (tertiary/aromatic N) is 1. The molecule has 0 aliphatic carbocycles. The zero-order chi connectivity index (χ0) is 10.8. The summed E-state index contributed by atoms with van der Waals surface area (Å²) in [6.45, 7) is 2.13. The highest BCUT2D eigenvalue weighted by Gasteiger charge is 2.07. The number of aromatic carboxylic acids is 1. The predicted octanol–water partition coefficient (Wildman–Crippen LogP) is 2.95. The van der Waals surface area contributed by atoms with Crippen LogP contribution in [-0.4, -0.2) is 16.1 Å². The van der Waals surface area contributed by atoms with Gasteiger partial charge in [0.25, 0.3) is 0 Å². The number of carboxylic acids is 1. The molecule has 0 atom stereocenters. The van der Waals surface area contributed by atoms with E-state index in [1.165, 1.54) is 4.88 Å². The van der Waals surface area contributed by atoms with Crippen molar-refractivity contribution in [2.24, 2.45) is 0 Å². The van der Waals surface area contributed by atoms with Crippen molar-refractivity contribution in [3.63, 3.8) is 0 Å². The molecule has 2 heterocycles. The molecular weight excluding hydrogens is 210 g/mol. The number of pyridine rings is 1. The number of aryl methyl sites for hydroxylation is 1. The van der Waals surface area contributed by atoms with E-state index in [0.717, 1.165) is 23.1 Å². The smallest absolute Gasteiger partial charge is 0.354 e. The van der Waals surface area contributed by atoms with Crippen molar-refractivity contribution in [3.8, 4) is 0 Å². The van der Waals surface area contributed by atoms with Crippen molar-refractivity contribution in [3.05, 3.63) is 28.8 Å². The molecule has 0 amide bonds. The monoisotopic (exact) mass is 221 g/mol. The van der Waals surface area contributed by atoms with E-state index < -0.39 is 5.97 Å². The number of rotatable bonds is 3. The normalized spacial score (nSPS) is 10.7. The summed E-state index contributed by atoms with van der Waals surface area (Å²) in [5.41, 5.74) is 0.909. The molecule has 1 N–H and O–H groups in total. The van der Waals surface area contributed by atoms with Crippen molar-refractivity contribution in [1.82, 2.24) is 4.98 Å². The Hall–Kier alpha value is -1.42. The lowest BCUT2D eigenvalue weighted by atomic mass is 10.2. The number of fused-ring (bicyclic) bond motifs is 1. The first-order valence-corrected chi connectivity index (χ1v) is 5.65. The summed E-state index contributed by atoms with van der Waals surface area (Å²) < 4.78 is 1.06. The third-order valence-electron chi connectivity index (χ3n) is 2.14. The van der Waals surface area contributed by atoms with E-state index >= 15 is 0 Å². The van der Waals surface area contributed by atoms with Crippen molar-refractivity contribution in [2.75, 3.05) is 0 Å². The number of aromatic nitrogens is 1. The highest BCUT2D eigenvalue weighted by Crippen LogP contribution is 2.25. The highest BCUT2D eigenvalue weighted by molar-refractivity contribution is 7.19. The SMILES string of the molecule is CCCc1cc2nc(C(=O)O)ccc2s1. The summed E-state index contributed by atoms with van der Waals surface area (Å²) in [6, 6.07) is 5.36. The third-order valence-corrected chi connectivity index (χ3v) is 3.29.